The zero-order valence-corrected chi connectivity index (χ0v) is 13.0. The van der Waals surface area contributed by atoms with Crippen molar-refractivity contribution in [3.8, 4) is 0 Å². The summed E-state index contributed by atoms with van der Waals surface area (Å²) in [5, 5.41) is 19.9. The summed E-state index contributed by atoms with van der Waals surface area (Å²) in [4.78, 5) is 23.4. The molecular formula is C15H24N4O3. The fourth-order valence-corrected chi connectivity index (χ4v) is 2.79. The third-order valence-electron chi connectivity index (χ3n) is 3.97. The lowest BCUT2D eigenvalue weighted by Gasteiger charge is -2.16. The van der Waals surface area contributed by atoms with Gasteiger partial charge in [0.25, 0.3) is 5.91 Å². The summed E-state index contributed by atoms with van der Waals surface area (Å²) >= 11 is 0. The van der Waals surface area contributed by atoms with Crippen LogP contribution in [0.2, 0.25) is 0 Å². The van der Waals surface area contributed by atoms with Crippen LogP contribution in [0.5, 0.6) is 0 Å². The molecule has 0 saturated heterocycles. The molecule has 1 aromatic rings. The molecule has 0 radical (unpaired) electrons. The van der Waals surface area contributed by atoms with Crippen molar-refractivity contribution in [2.75, 3.05) is 0 Å². The van der Waals surface area contributed by atoms with Gasteiger partial charge >= 0.3 is 5.97 Å². The number of carbonyl (C=O) groups excluding carboxylic acids is 1. The number of carboxylic acid groups (broad SMARTS) is 1. The summed E-state index contributed by atoms with van der Waals surface area (Å²) in [5.74, 6) is -0.0562. The number of aromatic nitrogens is 3. The lowest BCUT2D eigenvalue weighted by Crippen LogP contribution is -2.38. The van der Waals surface area contributed by atoms with E-state index in [4.69, 9.17) is 5.11 Å². The van der Waals surface area contributed by atoms with E-state index < -0.39 is 5.97 Å². The molecule has 0 fully saturated rings. The number of hydrogen-bond acceptors (Lipinski definition) is 4. The second-order valence-corrected chi connectivity index (χ2v) is 5.81. The average Bonchev–Trinajstić information content (AvgIpc) is 2.73. The van der Waals surface area contributed by atoms with Crippen molar-refractivity contribution >= 4 is 11.9 Å². The first-order valence-corrected chi connectivity index (χ1v) is 8.06. The van der Waals surface area contributed by atoms with Crippen LogP contribution in [0.25, 0.3) is 0 Å². The Hall–Kier alpha value is -1.92. The van der Waals surface area contributed by atoms with Gasteiger partial charge in [-0.2, -0.15) is 0 Å². The molecule has 0 aromatic carbocycles. The minimum atomic E-state index is -0.901. The minimum absolute atomic E-state index is 0.0628. The largest absolute Gasteiger partial charge is 0.481 e. The van der Waals surface area contributed by atoms with Crippen LogP contribution in [0, 0.1) is 0 Å². The summed E-state index contributed by atoms with van der Waals surface area (Å²) in [6, 6.07) is -0.358. The zero-order valence-electron chi connectivity index (χ0n) is 13.0. The summed E-state index contributed by atoms with van der Waals surface area (Å²) in [6.07, 6.45) is 6.50. The van der Waals surface area contributed by atoms with Gasteiger partial charge in [0.15, 0.2) is 0 Å². The van der Waals surface area contributed by atoms with Crippen LogP contribution in [0.3, 0.4) is 0 Å². The fourth-order valence-electron chi connectivity index (χ4n) is 2.79. The van der Waals surface area contributed by atoms with Gasteiger partial charge in [-0.15, -0.1) is 10.2 Å². The van der Waals surface area contributed by atoms with E-state index >= 15 is 0 Å². The Kier molecular flexibility index (Phi) is 5.91. The summed E-state index contributed by atoms with van der Waals surface area (Å²) in [6.45, 7) is 2.79. The maximum absolute atomic E-state index is 12.4. The van der Waals surface area contributed by atoms with Crippen LogP contribution >= 0.6 is 0 Å². The smallest absolute Gasteiger partial charge is 0.305 e. The second kappa shape index (κ2) is 7.91. The van der Waals surface area contributed by atoms with Crippen LogP contribution in [0.4, 0.5) is 0 Å². The Morgan fingerprint density at radius 2 is 2.14 bits per heavy atom. The van der Waals surface area contributed by atoms with Gasteiger partial charge in [-0.1, -0.05) is 26.2 Å². The molecule has 1 aliphatic rings. The first kappa shape index (κ1) is 16.5. The van der Waals surface area contributed by atoms with Crippen molar-refractivity contribution in [3.05, 3.63) is 11.6 Å². The lowest BCUT2D eigenvalue weighted by atomic mass is 10.1. The van der Waals surface area contributed by atoms with E-state index in [-0.39, 0.29) is 18.4 Å². The lowest BCUT2D eigenvalue weighted by molar-refractivity contribution is -0.137. The van der Waals surface area contributed by atoms with E-state index in [9.17, 15) is 9.59 Å². The number of carboxylic acids is 1. The highest BCUT2D eigenvalue weighted by Crippen LogP contribution is 2.15. The first-order valence-electron chi connectivity index (χ1n) is 8.06. The molecule has 1 amide bonds. The third-order valence-corrected chi connectivity index (χ3v) is 3.97. The highest BCUT2D eigenvalue weighted by molar-refractivity contribution is 5.91. The molecule has 1 aliphatic heterocycles. The van der Waals surface area contributed by atoms with Crippen molar-refractivity contribution in [1.29, 1.82) is 0 Å². The van der Waals surface area contributed by atoms with Gasteiger partial charge in [-0.05, 0) is 19.3 Å². The van der Waals surface area contributed by atoms with Crippen molar-refractivity contribution in [3.63, 3.8) is 0 Å². The number of nitrogens with one attached hydrogen (secondary N) is 1. The molecule has 7 heteroatoms. The topological polar surface area (TPSA) is 97.1 Å². The molecule has 2 rings (SSSR count). The summed E-state index contributed by atoms with van der Waals surface area (Å²) < 4.78 is 1.87. The molecule has 22 heavy (non-hydrogen) atoms. The number of carbonyl (C=O) groups is 2. The maximum atomic E-state index is 12.4. The molecule has 7 nitrogen and oxygen atoms in total. The number of amides is 1. The van der Waals surface area contributed by atoms with Crippen molar-refractivity contribution in [1.82, 2.24) is 20.1 Å². The summed E-state index contributed by atoms with van der Waals surface area (Å²) in [7, 11) is 0. The molecule has 122 valence electrons. The Bertz CT molecular complexity index is 527. The molecule has 1 unspecified atom stereocenters. The summed E-state index contributed by atoms with van der Waals surface area (Å²) in [5.41, 5.74) is 0. The molecule has 1 atom stereocenters. The van der Waals surface area contributed by atoms with Crippen LogP contribution in [0.15, 0.2) is 0 Å². The number of unbranched alkanes of at least 4 members (excludes halogenated alkanes) is 1. The van der Waals surface area contributed by atoms with Gasteiger partial charge in [-0.25, -0.2) is 0 Å². The SMILES string of the molecule is CCCCC(CC(=O)O)NC(=O)c1nnc2n1CCCCC2. The van der Waals surface area contributed by atoms with Gasteiger partial charge in [0.05, 0.1) is 6.42 Å². The van der Waals surface area contributed by atoms with Crippen LogP contribution < -0.4 is 5.32 Å². The molecule has 2 N–H and O–H groups in total. The van der Waals surface area contributed by atoms with Crippen LogP contribution in [0.1, 0.15) is 68.3 Å². The van der Waals surface area contributed by atoms with Gasteiger partial charge < -0.3 is 15.0 Å². The number of aryl methyl sites for hydroxylation is 1. The molecule has 0 bridgehead atoms. The maximum Gasteiger partial charge on any atom is 0.305 e. The van der Waals surface area contributed by atoms with E-state index in [1.165, 1.54) is 0 Å². The van der Waals surface area contributed by atoms with Gasteiger partial charge in [-0.3, -0.25) is 9.59 Å². The van der Waals surface area contributed by atoms with Gasteiger partial charge in [0.2, 0.25) is 5.82 Å². The molecule has 1 aromatic heterocycles. The third kappa shape index (κ3) is 4.29. The Balaban J connectivity index is 2.06. The van der Waals surface area contributed by atoms with Crippen molar-refractivity contribution in [2.45, 2.75) is 70.9 Å². The van der Waals surface area contributed by atoms with Gasteiger partial charge in [0.1, 0.15) is 5.82 Å². The number of rotatable bonds is 7. The number of nitrogens with zero attached hydrogens (tertiary/aromatic N) is 3. The van der Waals surface area contributed by atoms with E-state index in [1.54, 1.807) is 0 Å². The average molecular weight is 308 g/mol. The first-order chi connectivity index (χ1) is 10.6. The van der Waals surface area contributed by atoms with Crippen LogP contribution in [-0.4, -0.2) is 37.8 Å². The van der Waals surface area contributed by atoms with Crippen molar-refractivity contribution < 1.29 is 14.7 Å². The number of fused-ring (bicyclic) bond motifs is 1. The monoisotopic (exact) mass is 308 g/mol. The fraction of sp³-hybridized carbons (Fsp3) is 0.733. The van der Waals surface area contributed by atoms with E-state index in [2.05, 4.69) is 15.5 Å². The van der Waals surface area contributed by atoms with Crippen LogP contribution in [-0.2, 0) is 17.8 Å². The quantitative estimate of drug-likeness (QED) is 0.800. The normalized spacial score (nSPS) is 15.7. The van der Waals surface area contributed by atoms with Crippen molar-refractivity contribution in [2.24, 2.45) is 0 Å². The molecule has 0 spiro atoms. The Labute approximate surface area is 130 Å². The van der Waals surface area contributed by atoms with Gasteiger partial charge in [0, 0.05) is 19.0 Å². The number of aliphatic carboxylic acids is 1. The Morgan fingerprint density at radius 1 is 1.32 bits per heavy atom. The molecular weight excluding hydrogens is 284 g/mol. The number of hydrogen-bond donors (Lipinski definition) is 2. The molecule has 2 heterocycles. The Morgan fingerprint density at radius 3 is 2.86 bits per heavy atom. The molecule has 0 aliphatic carbocycles. The predicted octanol–water partition coefficient (Wildman–Crippen LogP) is 1.77. The highest BCUT2D eigenvalue weighted by Gasteiger charge is 2.23. The highest BCUT2D eigenvalue weighted by atomic mass is 16.4. The standard InChI is InChI=1S/C15H24N4O3/c1-2-3-7-11(10-13(20)21)16-15(22)14-18-17-12-8-5-4-6-9-19(12)14/h11H,2-10H2,1H3,(H,16,22)(H,20,21). The molecule has 0 saturated carbocycles. The second-order valence-electron chi connectivity index (χ2n) is 5.81. The van der Waals surface area contributed by atoms with E-state index in [1.807, 2.05) is 11.5 Å². The zero-order chi connectivity index (χ0) is 15.9. The van der Waals surface area contributed by atoms with E-state index in [0.717, 1.165) is 50.9 Å². The van der Waals surface area contributed by atoms with E-state index in [0.29, 0.717) is 12.2 Å². The predicted molar refractivity (Wildman–Crippen MR) is 80.6 cm³/mol. The minimum Gasteiger partial charge on any atom is -0.481 e.